The Labute approximate surface area is 96.4 Å². The third kappa shape index (κ3) is 5.05. The fourth-order valence-corrected chi connectivity index (χ4v) is 0.820. The second-order valence-electron chi connectivity index (χ2n) is 2.96. The van der Waals surface area contributed by atoms with E-state index in [2.05, 4.69) is 27.3 Å². The standard InChI is InChI=1S/C6H3F3N.C5H5N2/c7-6(8,9)5-1-3-10-4-2-5;1-5-4-6-2-3-7-5/h1-3H;3-4H,1H3. The summed E-state index contributed by atoms with van der Waals surface area (Å²) in [5.41, 5.74) is 0.209. The van der Waals surface area contributed by atoms with Crippen molar-refractivity contribution in [2.24, 2.45) is 0 Å². The van der Waals surface area contributed by atoms with Gasteiger partial charge in [0.15, 0.2) is 0 Å². The largest absolute Gasteiger partial charge is 0.416 e. The number of hydrogen-bond acceptors (Lipinski definition) is 3. The van der Waals surface area contributed by atoms with Crippen molar-refractivity contribution >= 4 is 0 Å². The number of rotatable bonds is 0. The number of halogens is 3. The maximum Gasteiger partial charge on any atom is 0.416 e. The Balaban J connectivity index is 0.000000181. The number of aromatic nitrogens is 3. The highest BCUT2D eigenvalue weighted by molar-refractivity contribution is 5.12. The molecule has 17 heavy (non-hydrogen) atoms. The fraction of sp³-hybridized carbons (Fsp3) is 0.182. The Morgan fingerprint density at radius 1 is 1.18 bits per heavy atom. The summed E-state index contributed by atoms with van der Waals surface area (Å²) in [5.74, 6) is 0. The first-order chi connectivity index (χ1) is 8.00. The third-order valence-corrected chi connectivity index (χ3v) is 1.60. The molecule has 0 aromatic carbocycles. The van der Waals surface area contributed by atoms with Crippen molar-refractivity contribution in [1.82, 2.24) is 15.0 Å². The van der Waals surface area contributed by atoms with Crippen LogP contribution in [0.5, 0.6) is 0 Å². The first-order valence-electron chi connectivity index (χ1n) is 4.54. The SMILES string of the molecule is Cc1cn[c]cn1.FC(F)(F)c1c[c]ncc1. The molecular weight excluding hydrogens is 231 g/mol. The van der Waals surface area contributed by atoms with Gasteiger partial charge in [-0.15, -0.1) is 0 Å². The number of nitrogens with zero attached hydrogens (tertiary/aromatic N) is 3. The van der Waals surface area contributed by atoms with Gasteiger partial charge in [-0.2, -0.15) is 13.2 Å². The highest BCUT2D eigenvalue weighted by atomic mass is 19.4. The molecule has 6 heteroatoms. The van der Waals surface area contributed by atoms with Crippen LogP contribution in [-0.2, 0) is 6.18 Å². The zero-order chi connectivity index (χ0) is 12.7. The molecule has 0 bridgehead atoms. The predicted octanol–water partition coefficient (Wildman–Crippen LogP) is 2.49. The Morgan fingerprint density at radius 3 is 2.24 bits per heavy atom. The Bertz CT molecular complexity index is 429. The number of pyridine rings is 1. The average molecular weight is 239 g/mol. The molecule has 0 fully saturated rings. The highest BCUT2D eigenvalue weighted by Crippen LogP contribution is 2.27. The molecule has 0 N–H and O–H groups in total. The van der Waals surface area contributed by atoms with E-state index in [4.69, 9.17) is 0 Å². The van der Waals surface area contributed by atoms with Gasteiger partial charge in [-0.1, -0.05) is 0 Å². The summed E-state index contributed by atoms with van der Waals surface area (Å²) in [4.78, 5) is 10.9. The zero-order valence-electron chi connectivity index (χ0n) is 8.86. The minimum atomic E-state index is -4.28. The number of alkyl halides is 3. The van der Waals surface area contributed by atoms with Gasteiger partial charge in [0.25, 0.3) is 0 Å². The Kier molecular flexibility index (Phi) is 4.56. The topological polar surface area (TPSA) is 38.7 Å². The molecule has 2 aromatic heterocycles. The van der Waals surface area contributed by atoms with E-state index in [9.17, 15) is 13.2 Å². The fourth-order valence-electron chi connectivity index (χ4n) is 0.820. The lowest BCUT2D eigenvalue weighted by Crippen LogP contribution is -2.03. The second-order valence-corrected chi connectivity index (χ2v) is 2.96. The second kappa shape index (κ2) is 5.93. The number of aryl methyl sites for hydroxylation is 1. The summed E-state index contributed by atoms with van der Waals surface area (Å²) in [6.07, 6.45) is 4.67. The van der Waals surface area contributed by atoms with Gasteiger partial charge in [0.05, 0.1) is 23.7 Å². The van der Waals surface area contributed by atoms with Crippen molar-refractivity contribution in [3.8, 4) is 0 Å². The summed E-state index contributed by atoms with van der Waals surface area (Å²) in [6, 6.07) is 1.70. The van der Waals surface area contributed by atoms with Crippen molar-refractivity contribution in [3.63, 3.8) is 0 Å². The monoisotopic (exact) mass is 239 g/mol. The van der Waals surface area contributed by atoms with E-state index >= 15 is 0 Å². The Morgan fingerprint density at radius 2 is 1.94 bits per heavy atom. The lowest BCUT2D eigenvalue weighted by molar-refractivity contribution is -0.137. The minimum absolute atomic E-state index is 0.720. The predicted molar refractivity (Wildman–Crippen MR) is 53.7 cm³/mol. The van der Waals surface area contributed by atoms with Gasteiger partial charge in [0, 0.05) is 12.4 Å². The van der Waals surface area contributed by atoms with Gasteiger partial charge >= 0.3 is 6.18 Å². The summed E-state index contributed by atoms with van der Waals surface area (Å²) in [5, 5.41) is 0. The molecule has 0 amide bonds. The van der Waals surface area contributed by atoms with Gasteiger partial charge < -0.3 is 0 Å². The zero-order valence-corrected chi connectivity index (χ0v) is 8.86. The van der Waals surface area contributed by atoms with Crippen molar-refractivity contribution in [1.29, 1.82) is 0 Å². The van der Waals surface area contributed by atoms with Crippen molar-refractivity contribution in [3.05, 3.63) is 54.4 Å². The van der Waals surface area contributed by atoms with E-state index < -0.39 is 11.7 Å². The van der Waals surface area contributed by atoms with Crippen molar-refractivity contribution in [2.75, 3.05) is 0 Å². The van der Waals surface area contributed by atoms with Crippen LogP contribution in [0.25, 0.3) is 0 Å². The van der Waals surface area contributed by atoms with Crippen LogP contribution in [0.15, 0.2) is 30.7 Å². The molecule has 3 nitrogen and oxygen atoms in total. The van der Waals surface area contributed by atoms with E-state index in [1.54, 1.807) is 12.4 Å². The van der Waals surface area contributed by atoms with Gasteiger partial charge in [0.1, 0.15) is 6.20 Å². The molecule has 2 radical (unpaired) electrons. The first kappa shape index (κ1) is 13.1. The molecule has 0 aliphatic carbocycles. The lowest BCUT2D eigenvalue weighted by atomic mass is 10.3. The van der Waals surface area contributed by atoms with Crippen LogP contribution in [0.1, 0.15) is 11.3 Å². The average Bonchev–Trinajstić information content (AvgIpc) is 2.31. The molecule has 0 unspecified atom stereocenters. The minimum Gasteiger partial charge on any atom is -0.258 e. The summed E-state index contributed by atoms with van der Waals surface area (Å²) in [7, 11) is 0. The van der Waals surface area contributed by atoms with E-state index in [0.29, 0.717) is 0 Å². The van der Waals surface area contributed by atoms with Crippen LogP contribution in [0.4, 0.5) is 13.2 Å². The van der Waals surface area contributed by atoms with Crippen LogP contribution in [0.2, 0.25) is 0 Å². The van der Waals surface area contributed by atoms with Crippen LogP contribution < -0.4 is 0 Å². The van der Waals surface area contributed by atoms with Crippen LogP contribution in [0, 0.1) is 19.3 Å². The van der Waals surface area contributed by atoms with Gasteiger partial charge in [-0.3, -0.25) is 15.0 Å². The molecule has 0 aliphatic rings. The van der Waals surface area contributed by atoms with Crippen LogP contribution in [-0.4, -0.2) is 15.0 Å². The van der Waals surface area contributed by atoms with E-state index in [0.717, 1.165) is 24.0 Å². The highest BCUT2D eigenvalue weighted by Gasteiger charge is 2.29. The van der Waals surface area contributed by atoms with E-state index in [1.165, 1.54) is 0 Å². The third-order valence-electron chi connectivity index (χ3n) is 1.60. The maximum absolute atomic E-state index is 11.7. The summed E-state index contributed by atoms with van der Waals surface area (Å²) >= 11 is 0. The van der Waals surface area contributed by atoms with E-state index in [-0.39, 0.29) is 0 Å². The first-order valence-corrected chi connectivity index (χ1v) is 4.54. The molecule has 0 saturated carbocycles. The van der Waals surface area contributed by atoms with Crippen LogP contribution in [0.3, 0.4) is 0 Å². The smallest absolute Gasteiger partial charge is 0.258 e. The summed E-state index contributed by atoms with van der Waals surface area (Å²) in [6.45, 7) is 1.89. The lowest BCUT2D eigenvalue weighted by Gasteiger charge is -2.03. The Hall–Kier alpha value is -1.98. The van der Waals surface area contributed by atoms with Crippen LogP contribution >= 0.6 is 0 Å². The normalized spacial score (nSPS) is 10.4. The molecule has 2 rings (SSSR count). The number of hydrogen-bond donors (Lipinski definition) is 0. The van der Waals surface area contributed by atoms with Gasteiger partial charge in [-0.05, 0) is 19.1 Å². The van der Waals surface area contributed by atoms with Gasteiger partial charge in [-0.25, -0.2) is 0 Å². The van der Waals surface area contributed by atoms with Gasteiger partial charge in [0.2, 0.25) is 0 Å². The quantitative estimate of drug-likeness (QED) is 0.709. The van der Waals surface area contributed by atoms with Crippen molar-refractivity contribution < 1.29 is 13.2 Å². The molecule has 0 atom stereocenters. The molecule has 0 aliphatic heterocycles. The molecule has 2 heterocycles. The molecule has 2 aromatic rings. The maximum atomic E-state index is 11.7. The van der Waals surface area contributed by atoms with Crippen molar-refractivity contribution in [2.45, 2.75) is 13.1 Å². The molecular formula is C11H8F3N3. The summed E-state index contributed by atoms with van der Waals surface area (Å²) < 4.78 is 35.2. The molecule has 0 saturated heterocycles. The molecule has 0 spiro atoms. The van der Waals surface area contributed by atoms with E-state index in [1.807, 2.05) is 6.92 Å². The molecule has 88 valence electrons.